The van der Waals surface area contributed by atoms with Crippen LogP contribution in [0.2, 0.25) is 0 Å². The van der Waals surface area contributed by atoms with Crippen LogP contribution in [0.15, 0.2) is 24.3 Å². The van der Waals surface area contributed by atoms with Crippen molar-refractivity contribution in [3.63, 3.8) is 0 Å². The Kier molecular flexibility index (Phi) is 3.02. The molecule has 2 aliphatic carbocycles. The van der Waals surface area contributed by atoms with Crippen molar-refractivity contribution in [1.29, 1.82) is 0 Å². The Morgan fingerprint density at radius 3 is 2.88 bits per heavy atom. The fraction of sp³-hybridized carbons (Fsp3) is 0.667. The molecule has 3 nitrogen and oxygen atoms in total. The summed E-state index contributed by atoms with van der Waals surface area (Å²) in [7, 11) is 0. The quantitative estimate of drug-likeness (QED) is 0.856. The third kappa shape index (κ3) is 1.55. The van der Waals surface area contributed by atoms with E-state index >= 15 is 0 Å². The van der Waals surface area contributed by atoms with Crippen LogP contribution >= 0.6 is 0 Å². The lowest BCUT2D eigenvalue weighted by Crippen LogP contribution is -2.63. The lowest BCUT2D eigenvalue weighted by atomic mass is 9.49. The fourth-order valence-electron chi connectivity index (χ4n) is 7.32. The number of nitrogens with zero attached hydrogens (tertiary/aromatic N) is 1. The average Bonchev–Trinajstić information content (AvgIpc) is 3.13. The van der Waals surface area contributed by atoms with Crippen LogP contribution in [0, 0.1) is 11.3 Å². The van der Waals surface area contributed by atoms with Crippen LogP contribution in [-0.4, -0.2) is 24.5 Å². The molecule has 5 atom stereocenters. The third-order valence-electron chi connectivity index (χ3n) is 8.05. The van der Waals surface area contributed by atoms with E-state index in [0.717, 1.165) is 0 Å². The summed E-state index contributed by atoms with van der Waals surface area (Å²) in [5, 5.41) is 3.85. The molecule has 4 aliphatic rings. The number of carbonyl (C=O) groups is 1. The highest BCUT2D eigenvalue weighted by Gasteiger charge is 2.68. The van der Waals surface area contributed by atoms with Crippen LogP contribution in [-0.2, 0) is 10.2 Å². The van der Waals surface area contributed by atoms with Crippen molar-refractivity contribution >= 4 is 11.6 Å². The second-order valence-electron chi connectivity index (χ2n) is 8.54. The van der Waals surface area contributed by atoms with Crippen molar-refractivity contribution < 1.29 is 4.79 Å². The van der Waals surface area contributed by atoms with Gasteiger partial charge >= 0.3 is 0 Å². The molecular weight excluding hydrogens is 296 g/mol. The Labute approximate surface area is 144 Å². The number of piperidine rings is 1. The maximum Gasteiger partial charge on any atom is 0.224 e. The molecule has 2 saturated carbocycles. The zero-order chi connectivity index (χ0) is 16.5. The summed E-state index contributed by atoms with van der Waals surface area (Å²) in [6.45, 7) is 5.33. The molecule has 1 aromatic rings. The molecule has 0 radical (unpaired) electrons. The van der Waals surface area contributed by atoms with Crippen LogP contribution in [0.5, 0.6) is 0 Å². The van der Waals surface area contributed by atoms with Gasteiger partial charge in [-0.1, -0.05) is 31.5 Å². The number of carbonyl (C=O) groups excluding carboxylic acids is 1. The maximum atomic E-state index is 12.6. The highest BCUT2D eigenvalue weighted by atomic mass is 16.2. The minimum absolute atomic E-state index is 0.189. The molecule has 0 bridgehead atoms. The number of hydrogen-bond donors (Lipinski definition) is 1. The van der Waals surface area contributed by atoms with Crippen molar-refractivity contribution in [3.8, 4) is 0 Å². The van der Waals surface area contributed by atoms with E-state index in [1.807, 2.05) is 0 Å². The Morgan fingerprint density at radius 2 is 2.08 bits per heavy atom. The Hall–Kier alpha value is -1.35. The summed E-state index contributed by atoms with van der Waals surface area (Å²) in [6, 6.07) is 9.81. The predicted molar refractivity (Wildman–Crippen MR) is 96.2 cm³/mol. The lowest BCUT2D eigenvalue weighted by molar-refractivity contribution is -0.118. The predicted octanol–water partition coefficient (Wildman–Crippen LogP) is 3.62. The van der Waals surface area contributed by atoms with Gasteiger partial charge in [0, 0.05) is 30.1 Å². The molecule has 2 aliphatic heterocycles. The van der Waals surface area contributed by atoms with Gasteiger partial charge in [-0.2, -0.15) is 0 Å². The van der Waals surface area contributed by atoms with E-state index in [-0.39, 0.29) is 11.3 Å². The summed E-state index contributed by atoms with van der Waals surface area (Å²) in [4.78, 5) is 14.7. The van der Waals surface area contributed by atoms with Gasteiger partial charge in [0.05, 0.1) is 0 Å². The van der Waals surface area contributed by atoms with Crippen molar-refractivity contribution in [3.05, 3.63) is 29.8 Å². The first-order valence-corrected chi connectivity index (χ1v) is 9.77. The Morgan fingerprint density at radius 1 is 1.25 bits per heavy atom. The van der Waals surface area contributed by atoms with Crippen LogP contribution in [0.1, 0.15) is 57.9 Å². The summed E-state index contributed by atoms with van der Waals surface area (Å²) in [6.07, 6.45) is 7.56. The molecule has 5 rings (SSSR count). The molecule has 0 aromatic heterocycles. The lowest BCUT2D eigenvalue weighted by Gasteiger charge is -2.58. The van der Waals surface area contributed by atoms with Crippen LogP contribution < -0.4 is 10.2 Å². The molecule has 1 aromatic carbocycles. The molecule has 5 unspecified atom stereocenters. The first-order chi connectivity index (χ1) is 11.6. The van der Waals surface area contributed by atoms with Gasteiger partial charge in [0.15, 0.2) is 0 Å². The smallest absolute Gasteiger partial charge is 0.224 e. The molecule has 128 valence electrons. The van der Waals surface area contributed by atoms with Gasteiger partial charge in [-0.25, -0.2) is 0 Å². The van der Waals surface area contributed by atoms with E-state index in [0.29, 0.717) is 23.4 Å². The first kappa shape index (κ1) is 14.9. The van der Waals surface area contributed by atoms with E-state index in [4.69, 9.17) is 0 Å². The van der Waals surface area contributed by atoms with Crippen LogP contribution in [0.4, 0.5) is 5.69 Å². The zero-order valence-electron chi connectivity index (χ0n) is 14.8. The molecule has 3 fully saturated rings. The van der Waals surface area contributed by atoms with Crippen molar-refractivity contribution in [1.82, 2.24) is 5.32 Å². The van der Waals surface area contributed by atoms with E-state index < -0.39 is 0 Å². The van der Waals surface area contributed by atoms with Gasteiger partial charge in [0.25, 0.3) is 0 Å². The summed E-state index contributed by atoms with van der Waals surface area (Å²) >= 11 is 0. The normalized spacial score (nSPS) is 42.4. The fourth-order valence-corrected chi connectivity index (χ4v) is 7.32. The van der Waals surface area contributed by atoms with Crippen LogP contribution in [0.25, 0.3) is 0 Å². The van der Waals surface area contributed by atoms with Crippen LogP contribution in [0.3, 0.4) is 0 Å². The number of amides is 1. The summed E-state index contributed by atoms with van der Waals surface area (Å²) < 4.78 is 0. The largest absolute Gasteiger partial charge is 0.314 e. The standard InChI is InChI=1S/C21H28N2O/c1-3-20-10-9-18-21(11-8-16(19(20)21)22-13-12-20)15-6-4-5-7-17(15)23(18)14(2)24/h4-7,16,18-19,22H,3,8-13H2,1-2H3. The van der Waals surface area contributed by atoms with Crippen molar-refractivity contribution in [2.75, 3.05) is 11.4 Å². The van der Waals surface area contributed by atoms with Crippen molar-refractivity contribution in [2.24, 2.45) is 11.3 Å². The average molecular weight is 324 g/mol. The number of para-hydroxylation sites is 1. The SMILES string of the molecule is CCC12CCNC3CCC4(c5ccccc5N(C(C)=O)C4CC1)C32. The number of fused-ring (bicyclic) bond motifs is 1. The summed E-state index contributed by atoms with van der Waals surface area (Å²) in [5.74, 6) is 0.911. The molecule has 1 spiro atoms. The monoisotopic (exact) mass is 324 g/mol. The third-order valence-corrected chi connectivity index (χ3v) is 8.05. The molecule has 2 heterocycles. The zero-order valence-corrected chi connectivity index (χ0v) is 14.8. The number of benzene rings is 1. The van der Waals surface area contributed by atoms with E-state index in [1.54, 1.807) is 6.92 Å². The van der Waals surface area contributed by atoms with E-state index in [2.05, 4.69) is 41.4 Å². The number of nitrogens with one attached hydrogen (secondary N) is 1. The molecule has 1 amide bonds. The number of hydrogen-bond acceptors (Lipinski definition) is 2. The maximum absolute atomic E-state index is 12.6. The van der Waals surface area contributed by atoms with Gasteiger partial charge in [-0.3, -0.25) is 4.79 Å². The second-order valence-corrected chi connectivity index (χ2v) is 8.54. The molecule has 3 heteroatoms. The Balaban J connectivity index is 1.75. The van der Waals surface area contributed by atoms with Gasteiger partial charge in [0.1, 0.15) is 0 Å². The highest BCUT2D eigenvalue weighted by molar-refractivity contribution is 5.96. The van der Waals surface area contributed by atoms with Crippen molar-refractivity contribution in [2.45, 2.75) is 69.9 Å². The molecule has 1 saturated heterocycles. The topological polar surface area (TPSA) is 32.3 Å². The molecular formula is C21H28N2O. The highest BCUT2D eigenvalue weighted by Crippen LogP contribution is 2.68. The molecule has 1 N–H and O–H groups in total. The number of anilines is 1. The minimum atomic E-state index is 0.189. The van der Waals surface area contributed by atoms with E-state index in [9.17, 15) is 4.79 Å². The van der Waals surface area contributed by atoms with Gasteiger partial charge in [-0.15, -0.1) is 0 Å². The first-order valence-electron chi connectivity index (χ1n) is 9.77. The Bertz CT molecular complexity index is 701. The second kappa shape index (κ2) is 4.85. The van der Waals surface area contributed by atoms with E-state index in [1.165, 1.54) is 56.3 Å². The number of rotatable bonds is 1. The van der Waals surface area contributed by atoms with Gasteiger partial charge < -0.3 is 10.2 Å². The minimum Gasteiger partial charge on any atom is -0.314 e. The molecule has 24 heavy (non-hydrogen) atoms. The summed E-state index contributed by atoms with van der Waals surface area (Å²) in [5.41, 5.74) is 3.34. The van der Waals surface area contributed by atoms with Gasteiger partial charge in [-0.05, 0) is 61.6 Å². The van der Waals surface area contributed by atoms with Gasteiger partial charge in [0.2, 0.25) is 5.91 Å².